The van der Waals surface area contributed by atoms with E-state index in [2.05, 4.69) is 9.97 Å². The average molecular weight is 163 g/mol. The molecule has 0 aliphatic heterocycles. The third-order valence-corrected chi connectivity index (χ3v) is 2.69. The number of rotatable bonds is 1. The molecule has 0 atom stereocenters. The van der Waals surface area contributed by atoms with E-state index >= 15 is 0 Å². The molecule has 1 saturated carbocycles. The van der Waals surface area contributed by atoms with Gasteiger partial charge in [-0.15, -0.1) is 0 Å². The van der Waals surface area contributed by atoms with Crippen LogP contribution in [0.15, 0.2) is 12.5 Å². The molecule has 3 heteroatoms. The quantitative estimate of drug-likeness (QED) is 0.675. The number of hydrogen-bond acceptors (Lipinski definition) is 3. The highest BCUT2D eigenvalue weighted by atomic mass is 14.9. The summed E-state index contributed by atoms with van der Waals surface area (Å²) in [7, 11) is 0. The first-order chi connectivity index (χ1) is 5.72. The molecule has 1 fully saturated rings. The van der Waals surface area contributed by atoms with Crippen LogP contribution in [0.1, 0.15) is 30.5 Å². The Hall–Kier alpha value is -0.960. The van der Waals surface area contributed by atoms with Gasteiger partial charge in [-0.25, -0.2) is 9.97 Å². The Balaban J connectivity index is 2.39. The molecular formula is C9H13N3. The van der Waals surface area contributed by atoms with E-state index < -0.39 is 0 Å². The van der Waals surface area contributed by atoms with Gasteiger partial charge in [0.15, 0.2) is 0 Å². The fraction of sp³-hybridized carbons (Fsp3) is 0.556. The van der Waals surface area contributed by atoms with Crippen molar-refractivity contribution >= 4 is 0 Å². The Morgan fingerprint density at radius 3 is 2.75 bits per heavy atom. The first-order valence-electron chi connectivity index (χ1n) is 4.28. The summed E-state index contributed by atoms with van der Waals surface area (Å²) in [6.07, 6.45) is 6.79. The van der Waals surface area contributed by atoms with Gasteiger partial charge in [-0.1, -0.05) is 0 Å². The van der Waals surface area contributed by atoms with Crippen molar-refractivity contribution in [2.24, 2.45) is 5.73 Å². The molecule has 0 saturated heterocycles. The summed E-state index contributed by atoms with van der Waals surface area (Å²) < 4.78 is 0. The third kappa shape index (κ3) is 1.01. The van der Waals surface area contributed by atoms with Crippen molar-refractivity contribution in [1.82, 2.24) is 9.97 Å². The van der Waals surface area contributed by atoms with Gasteiger partial charge in [0.1, 0.15) is 6.33 Å². The minimum Gasteiger partial charge on any atom is -0.321 e. The summed E-state index contributed by atoms with van der Waals surface area (Å²) in [5, 5.41) is 0. The van der Waals surface area contributed by atoms with Crippen LogP contribution in [0.3, 0.4) is 0 Å². The van der Waals surface area contributed by atoms with Gasteiger partial charge in [-0.3, -0.25) is 0 Å². The molecule has 0 spiro atoms. The summed E-state index contributed by atoms with van der Waals surface area (Å²) >= 11 is 0. The SMILES string of the molecule is Cc1ncncc1C1(N)CCC1. The summed E-state index contributed by atoms with van der Waals surface area (Å²) in [4.78, 5) is 8.14. The standard InChI is InChI=1S/C9H13N3/c1-7-8(5-11-6-12-7)9(10)3-2-4-9/h5-6H,2-4,10H2,1H3. The zero-order chi connectivity index (χ0) is 8.60. The maximum Gasteiger partial charge on any atom is 0.115 e. The lowest BCUT2D eigenvalue weighted by Crippen LogP contribution is -2.44. The van der Waals surface area contributed by atoms with Crippen molar-refractivity contribution < 1.29 is 0 Å². The second-order valence-corrected chi connectivity index (χ2v) is 3.53. The van der Waals surface area contributed by atoms with Crippen LogP contribution < -0.4 is 5.73 Å². The van der Waals surface area contributed by atoms with Crippen molar-refractivity contribution in [3.8, 4) is 0 Å². The second-order valence-electron chi connectivity index (χ2n) is 3.53. The van der Waals surface area contributed by atoms with Gasteiger partial charge in [0.2, 0.25) is 0 Å². The summed E-state index contributed by atoms with van der Waals surface area (Å²) in [6.45, 7) is 1.99. The van der Waals surface area contributed by atoms with E-state index in [1.807, 2.05) is 13.1 Å². The Morgan fingerprint density at radius 2 is 2.25 bits per heavy atom. The molecule has 1 heterocycles. The van der Waals surface area contributed by atoms with E-state index in [1.54, 1.807) is 6.33 Å². The zero-order valence-electron chi connectivity index (χ0n) is 7.25. The highest BCUT2D eigenvalue weighted by Crippen LogP contribution is 2.38. The Kier molecular flexibility index (Phi) is 1.61. The summed E-state index contributed by atoms with van der Waals surface area (Å²) in [5.41, 5.74) is 8.17. The molecule has 0 radical (unpaired) electrons. The van der Waals surface area contributed by atoms with Crippen LogP contribution >= 0.6 is 0 Å². The summed E-state index contributed by atoms with van der Waals surface area (Å²) in [6, 6.07) is 0. The van der Waals surface area contributed by atoms with E-state index in [0.717, 1.165) is 24.1 Å². The number of aryl methyl sites for hydroxylation is 1. The van der Waals surface area contributed by atoms with Crippen molar-refractivity contribution in [2.45, 2.75) is 31.7 Å². The lowest BCUT2D eigenvalue weighted by atomic mass is 9.73. The second kappa shape index (κ2) is 2.52. The molecule has 1 aliphatic carbocycles. The van der Waals surface area contributed by atoms with Crippen molar-refractivity contribution in [3.63, 3.8) is 0 Å². The minimum atomic E-state index is -0.120. The molecule has 1 aromatic heterocycles. The number of hydrogen-bond donors (Lipinski definition) is 1. The molecule has 0 aromatic carbocycles. The molecular weight excluding hydrogens is 150 g/mol. The molecule has 1 aliphatic rings. The van der Waals surface area contributed by atoms with Gasteiger partial charge in [0.05, 0.1) is 0 Å². The maximum absolute atomic E-state index is 6.14. The molecule has 2 N–H and O–H groups in total. The molecule has 1 aromatic rings. The van der Waals surface area contributed by atoms with Gasteiger partial charge >= 0.3 is 0 Å². The van der Waals surface area contributed by atoms with Crippen LogP contribution in [0, 0.1) is 6.92 Å². The number of nitrogens with zero attached hydrogens (tertiary/aromatic N) is 2. The fourth-order valence-electron chi connectivity index (χ4n) is 1.71. The van der Waals surface area contributed by atoms with Gasteiger partial charge in [-0.05, 0) is 26.2 Å². The molecule has 0 unspecified atom stereocenters. The lowest BCUT2D eigenvalue weighted by Gasteiger charge is -2.38. The van der Waals surface area contributed by atoms with E-state index in [1.165, 1.54) is 6.42 Å². The van der Waals surface area contributed by atoms with Gasteiger partial charge in [-0.2, -0.15) is 0 Å². The maximum atomic E-state index is 6.14. The van der Waals surface area contributed by atoms with Crippen molar-refractivity contribution in [3.05, 3.63) is 23.8 Å². The van der Waals surface area contributed by atoms with Crippen molar-refractivity contribution in [1.29, 1.82) is 0 Å². The van der Waals surface area contributed by atoms with Gasteiger partial charge in [0.25, 0.3) is 0 Å². The van der Waals surface area contributed by atoms with E-state index in [9.17, 15) is 0 Å². The number of nitrogens with two attached hydrogens (primary N) is 1. The molecule has 0 bridgehead atoms. The molecule has 2 rings (SSSR count). The fourth-order valence-corrected chi connectivity index (χ4v) is 1.71. The van der Waals surface area contributed by atoms with Crippen molar-refractivity contribution in [2.75, 3.05) is 0 Å². The molecule has 0 amide bonds. The van der Waals surface area contributed by atoms with Gasteiger partial charge < -0.3 is 5.73 Å². The van der Waals surface area contributed by atoms with Crippen LogP contribution in [0.2, 0.25) is 0 Å². The first kappa shape index (κ1) is 7.68. The van der Waals surface area contributed by atoms with E-state index in [-0.39, 0.29) is 5.54 Å². The normalized spacial score (nSPS) is 20.2. The van der Waals surface area contributed by atoms with Crippen LogP contribution in [0.25, 0.3) is 0 Å². The largest absolute Gasteiger partial charge is 0.321 e. The zero-order valence-corrected chi connectivity index (χ0v) is 7.25. The molecule has 64 valence electrons. The highest BCUT2D eigenvalue weighted by molar-refractivity contribution is 5.26. The third-order valence-electron chi connectivity index (χ3n) is 2.69. The topological polar surface area (TPSA) is 51.8 Å². The monoisotopic (exact) mass is 163 g/mol. The Bertz CT molecular complexity index is 292. The van der Waals surface area contributed by atoms with Crippen LogP contribution in [-0.4, -0.2) is 9.97 Å². The highest BCUT2D eigenvalue weighted by Gasteiger charge is 2.35. The van der Waals surface area contributed by atoms with E-state index in [4.69, 9.17) is 5.73 Å². The van der Waals surface area contributed by atoms with Crippen LogP contribution in [0.4, 0.5) is 0 Å². The number of aromatic nitrogens is 2. The van der Waals surface area contributed by atoms with Crippen LogP contribution in [-0.2, 0) is 5.54 Å². The minimum absolute atomic E-state index is 0.120. The first-order valence-corrected chi connectivity index (χ1v) is 4.28. The Labute approximate surface area is 72.0 Å². The van der Waals surface area contributed by atoms with Crippen LogP contribution in [0.5, 0.6) is 0 Å². The Morgan fingerprint density at radius 1 is 1.50 bits per heavy atom. The smallest absolute Gasteiger partial charge is 0.115 e. The molecule has 12 heavy (non-hydrogen) atoms. The lowest BCUT2D eigenvalue weighted by molar-refractivity contribution is 0.251. The van der Waals surface area contributed by atoms with E-state index in [0.29, 0.717) is 0 Å². The van der Waals surface area contributed by atoms with Gasteiger partial charge in [0, 0.05) is 23.0 Å². The molecule has 3 nitrogen and oxygen atoms in total. The average Bonchev–Trinajstić information content (AvgIpc) is 2.01. The predicted octanol–water partition coefficient (Wildman–Crippen LogP) is 1.12. The predicted molar refractivity (Wildman–Crippen MR) is 46.5 cm³/mol. The summed E-state index contributed by atoms with van der Waals surface area (Å²) in [5.74, 6) is 0.